The monoisotopic (exact) mass is 188 g/mol. The van der Waals surface area contributed by atoms with Crippen molar-refractivity contribution < 1.29 is 24.0 Å². The Morgan fingerprint density at radius 3 is 2.77 bits per heavy atom. The van der Waals surface area contributed by atoms with Crippen molar-refractivity contribution >= 4 is 5.97 Å². The minimum Gasteiger partial charge on any atom is -0.428 e. The van der Waals surface area contributed by atoms with Crippen LogP contribution in [0.15, 0.2) is 25.2 Å². The molecule has 0 aromatic carbocycles. The standard InChI is InChI=1S/C8H12O5/c1-3-8(9)11-5-7-13-12-6-4-10-2/h3,5,7H,1,4,6H2,2H3. The minimum absolute atomic E-state index is 0.302. The average Bonchev–Trinajstić information content (AvgIpc) is 2.16. The molecule has 0 aromatic heterocycles. The van der Waals surface area contributed by atoms with Gasteiger partial charge in [-0.05, 0) is 0 Å². The van der Waals surface area contributed by atoms with Crippen LogP contribution in [0, 0.1) is 0 Å². The quantitative estimate of drug-likeness (QED) is 0.147. The van der Waals surface area contributed by atoms with Crippen LogP contribution in [0.4, 0.5) is 0 Å². The minimum atomic E-state index is -0.559. The highest BCUT2D eigenvalue weighted by Gasteiger charge is 1.88. The van der Waals surface area contributed by atoms with Gasteiger partial charge in [-0.25, -0.2) is 4.79 Å². The molecule has 0 saturated heterocycles. The van der Waals surface area contributed by atoms with E-state index in [1.807, 2.05) is 0 Å². The largest absolute Gasteiger partial charge is 0.428 e. The van der Waals surface area contributed by atoms with Gasteiger partial charge >= 0.3 is 5.97 Å². The maximum Gasteiger partial charge on any atom is 0.335 e. The van der Waals surface area contributed by atoms with E-state index in [0.29, 0.717) is 13.2 Å². The molecule has 0 radical (unpaired) electrons. The first-order valence-electron chi connectivity index (χ1n) is 3.56. The summed E-state index contributed by atoms with van der Waals surface area (Å²) in [6, 6.07) is 0. The second kappa shape index (κ2) is 8.76. The molecule has 0 saturated carbocycles. The van der Waals surface area contributed by atoms with E-state index in [-0.39, 0.29) is 0 Å². The third-order valence-corrected chi connectivity index (χ3v) is 0.901. The van der Waals surface area contributed by atoms with E-state index >= 15 is 0 Å². The zero-order valence-electron chi connectivity index (χ0n) is 7.39. The van der Waals surface area contributed by atoms with Crippen molar-refractivity contribution in [3.63, 3.8) is 0 Å². The zero-order chi connectivity index (χ0) is 9.94. The van der Waals surface area contributed by atoms with Gasteiger partial charge < -0.3 is 14.4 Å². The molecule has 0 fully saturated rings. The van der Waals surface area contributed by atoms with E-state index in [1.165, 1.54) is 0 Å². The van der Waals surface area contributed by atoms with E-state index in [1.54, 1.807) is 7.11 Å². The molecule has 5 nitrogen and oxygen atoms in total. The van der Waals surface area contributed by atoms with Crippen molar-refractivity contribution in [2.24, 2.45) is 0 Å². The second-order valence-corrected chi connectivity index (χ2v) is 1.82. The highest BCUT2D eigenvalue weighted by Crippen LogP contribution is 1.85. The molecular weight excluding hydrogens is 176 g/mol. The van der Waals surface area contributed by atoms with Crippen molar-refractivity contribution in [1.82, 2.24) is 0 Å². The Kier molecular flexibility index (Phi) is 7.87. The molecule has 0 spiro atoms. The van der Waals surface area contributed by atoms with Crippen LogP contribution in [0.2, 0.25) is 0 Å². The lowest BCUT2D eigenvalue weighted by Crippen LogP contribution is -2.00. The highest BCUT2D eigenvalue weighted by molar-refractivity contribution is 5.81. The van der Waals surface area contributed by atoms with Crippen LogP contribution in [-0.2, 0) is 24.0 Å². The number of carbonyl (C=O) groups excluding carboxylic acids is 1. The molecule has 0 bridgehead atoms. The van der Waals surface area contributed by atoms with Gasteiger partial charge in [-0.15, -0.1) is 0 Å². The molecule has 0 amide bonds. The average molecular weight is 188 g/mol. The Morgan fingerprint density at radius 2 is 2.15 bits per heavy atom. The molecule has 0 aliphatic rings. The van der Waals surface area contributed by atoms with E-state index in [2.05, 4.69) is 25.8 Å². The summed E-state index contributed by atoms with van der Waals surface area (Å²) in [4.78, 5) is 19.5. The second-order valence-electron chi connectivity index (χ2n) is 1.82. The number of hydrogen-bond donors (Lipinski definition) is 0. The fraction of sp³-hybridized carbons (Fsp3) is 0.375. The Bertz CT molecular complexity index is 175. The topological polar surface area (TPSA) is 54.0 Å². The van der Waals surface area contributed by atoms with Crippen molar-refractivity contribution in [3.05, 3.63) is 25.2 Å². The highest BCUT2D eigenvalue weighted by atomic mass is 17.2. The predicted octanol–water partition coefficient (Wildman–Crippen LogP) is 0.781. The lowest BCUT2D eigenvalue weighted by Gasteiger charge is -1.98. The van der Waals surface area contributed by atoms with Gasteiger partial charge in [-0.3, -0.25) is 0 Å². The fourth-order valence-corrected chi connectivity index (χ4v) is 0.370. The summed E-state index contributed by atoms with van der Waals surface area (Å²) in [6.07, 6.45) is 3.18. The van der Waals surface area contributed by atoms with Gasteiger partial charge in [0.1, 0.15) is 12.9 Å². The molecule has 13 heavy (non-hydrogen) atoms. The van der Waals surface area contributed by atoms with Crippen molar-refractivity contribution in [3.8, 4) is 0 Å². The molecule has 5 heteroatoms. The molecule has 0 rings (SSSR count). The Labute approximate surface area is 76.5 Å². The predicted molar refractivity (Wildman–Crippen MR) is 44.3 cm³/mol. The van der Waals surface area contributed by atoms with Crippen molar-refractivity contribution in [2.75, 3.05) is 20.3 Å². The molecule has 0 aliphatic carbocycles. The molecule has 0 N–H and O–H groups in total. The van der Waals surface area contributed by atoms with Crippen molar-refractivity contribution in [1.29, 1.82) is 0 Å². The third-order valence-electron chi connectivity index (χ3n) is 0.901. The summed E-state index contributed by atoms with van der Waals surface area (Å²) in [5, 5.41) is 0. The van der Waals surface area contributed by atoms with Gasteiger partial charge in [0.05, 0.1) is 6.61 Å². The molecular formula is C8H12O5. The normalized spacial score (nSPS) is 9.92. The first kappa shape index (κ1) is 11.7. The third kappa shape index (κ3) is 8.58. The van der Waals surface area contributed by atoms with Gasteiger partial charge in [0.25, 0.3) is 0 Å². The van der Waals surface area contributed by atoms with Crippen LogP contribution < -0.4 is 0 Å². The smallest absolute Gasteiger partial charge is 0.335 e. The van der Waals surface area contributed by atoms with E-state index in [4.69, 9.17) is 0 Å². The number of carbonyl (C=O) groups is 1. The molecule has 0 unspecified atom stereocenters. The van der Waals surface area contributed by atoms with Crippen LogP contribution in [0.5, 0.6) is 0 Å². The molecule has 0 heterocycles. The van der Waals surface area contributed by atoms with E-state index in [9.17, 15) is 4.79 Å². The maximum atomic E-state index is 10.4. The summed E-state index contributed by atoms with van der Waals surface area (Å²) in [6.45, 7) is 3.94. The van der Waals surface area contributed by atoms with E-state index < -0.39 is 5.97 Å². The maximum absolute atomic E-state index is 10.4. The van der Waals surface area contributed by atoms with Crippen LogP contribution in [0.1, 0.15) is 0 Å². The fourth-order valence-electron chi connectivity index (χ4n) is 0.370. The molecule has 0 atom stereocenters. The summed E-state index contributed by atoms with van der Waals surface area (Å²) in [7, 11) is 1.55. The van der Waals surface area contributed by atoms with Gasteiger partial charge in [-0.2, -0.15) is 4.89 Å². The molecule has 74 valence electrons. The van der Waals surface area contributed by atoms with Crippen LogP contribution >= 0.6 is 0 Å². The zero-order valence-corrected chi connectivity index (χ0v) is 7.39. The lowest BCUT2D eigenvalue weighted by molar-refractivity contribution is -0.255. The molecule has 0 aliphatic heterocycles. The first-order valence-corrected chi connectivity index (χ1v) is 3.56. The van der Waals surface area contributed by atoms with Gasteiger partial charge in [0, 0.05) is 13.2 Å². The number of rotatable bonds is 7. The Hall–Kier alpha value is -1.33. The molecule has 0 aromatic rings. The summed E-state index contributed by atoms with van der Waals surface area (Å²) in [5.41, 5.74) is 0. The number of hydrogen-bond acceptors (Lipinski definition) is 5. The SMILES string of the molecule is C=CC(=O)OC=COOCCOC. The number of methoxy groups -OCH3 is 1. The van der Waals surface area contributed by atoms with Crippen LogP contribution in [-0.4, -0.2) is 26.3 Å². The van der Waals surface area contributed by atoms with Crippen LogP contribution in [0.3, 0.4) is 0 Å². The summed E-state index contributed by atoms with van der Waals surface area (Å²) < 4.78 is 9.10. The lowest BCUT2D eigenvalue weighted by atomic mass is 10.7. The van der Waals surface area contributed by atoms with Gasteiger partial charge in [0.2, 0.25) is 0 Å². The van der Waals surface area contributed by atoms with Crippen LogP contribution in [0.25, 0.3) is 0 Å². The number of ether oxygens (including phenoxy) is 2. The Balaban J connectivity index is 3.21. The van der Waals surface area contributed by atoms with E-state index in [0.717, 1.165) is 18.6 Å². The van der Waals surface area contributed by atoms with Gasteiger partial charge in [-0.1, -0.05) is 6.58 Å². The number of esters is 1. The summed E-state index contributed by atoms with van der Waals surface area (Å²) >= 11 is 0. The Morgan fingerprint density at radius 1 is 1.38 bits per heavy atom. The summed E-state index contributed by atoms with van der Waals surface area (Å²) in [5.74, 6) is -0.559. The first-order chi connectivity index (χ1) is 6.31. The van der Waals surface area contributed by atoms with Crippen molar-refractivity contribution in [2.45, 2.75) is 0 Å². The van der Waals surface area contributed by atoms with Gasteiger partial charge in [0.15, 0.2) is 6.26 Å².